The molecule has 0 radical (unpaired) electrons. The second-order valence-corrected chi connectivity index (χ2v) is 8.28. The summed E-state index contributed by atoms with van der Waals surface area (Å²) in [5.41, 5.74) is 3.39. The monoisotopic (exact) mass is 455 g/mol. The van der Waals surface area contributed by atoms with E-state index in [0.717, 1.165) is 31.6 Å². The maximum absolute atomic E-state index is 13.5. The number of aryl methyl sites for hydroxylation is 2. The van der Waals surface area contributed by atoms with Gasteiger partial charge >= 0.3 is 0 Å². The van der Waals surface area contributed by atoms with Crippen LogP contribution in [0.5, 0.6) is 0 Å². The van der Waals surface area contributed by atoms with Crippen LogP contribution in [0.2, 0.25) is 0 Å². The molecule has 11 heteroatoms. The van der Waals surface area contributed by atoms with Crippen molar-refractivity contribution in [2.45, 2.75) is 46.1 Å². The highest BCUT2D eigenvalue weighted by molar-refractivity contribution is 6.03. The van der Waals surface area contributed by atoms with Gasteiger partial charge < -0.3 is 10.2 Å². The number of carbonyl (C=O) groups is 1. The average Bonchev–Trinajstić information content (AvgIpc) is 3.39. The van der Waals surface area contributed by atoms with Crippen molar-refractivity contribution in [1.29, 1.82) is 0 Å². The van der Waals surface area contributed by atoms with Crippen LogP contribution in [0.25, 0.3) is 22.1 Å². The molecule has 0 saturated carbocycles. The highest BCUT2D eigenvalue weighted by Crippen LogP contribution is 2.32. The van der Waals surface area contributed by atoms with E-state index in [-0.39, 0.29) is 23.1 Å². The van der Waals surface area contributed by atoms with Crippen molar-refractivity contribution in [3.8, 4) is 0 Å². The van der Waals surface area contributed by atoms with Crippen molar-refractivity contribution in [2.75, 3.05) is 23.3 Å². The quantitative estimate of drug-likeness (QED) is 0.482. The van der Waals surface area contributed by atoms with E-state index in [1.165, 1.54) is 17.2 Å². The minimum atomic E-state index is -2.66. The zero-order valence-electron chi connectivity index (χ0n) is 18.3. The number of aromatic nitrogens is 5. The summed E-state index contributed by atoms with van der Waals surface area (Å²) in [5, 5.41) is 15.4. The fourth-order valence-corrected chi connectivity index (χ4v) is 4.47. The number of hydrogen-bond acceptors (Lipinski definition) is 7. The largest absolute Gasteiger partial charge is 0.370 e. The summed E-state index contributed by atoms with van der Waals surface area (Å²) in [6.07, 6.45) is 0.775. The van der Waals surface area contributed by atoms with Crippen molar-refractivity contribution >= 4 is 39.3 Å². The Morgan fingerprint density at radius 3 is 2.67 bits per heavy atom. The SMILES string of the molecule is Cc1cc(C(F)F)c2c(C)nn(CC(=O)Nc3ccc(N4CCCCC4)c4nonc34)c2n1. The number of halogens is 2. The van der Waals surface area contributed by atoms with Gasteiger partial charge in [0.15, 0.2) is 16.7 Å². The molecule has 1 fully saturated rings. The van der Waals surface area contributed by atoms with E-state index >= 15 is 0 Å². The molecule has 0 bridgehead atoms. The number of alkyl halides is 2. The second kappa shape index (κ2) is 8.38. The average molecular weight is 455 g/mol. The minimum Gasteiger partial charge on any atom is -0.370 e. The van der Waals surface area contributed by atoms with Gasteiger partial charge in [-0.25, -0.2) is 23.1 Å². The molecular weight excluding hydrogens is 432 g/mol. The van der Waals surface area contributed by atoms with Gasteiger partial charge in [0, 0.05) is 24.3 Å². The number of amides is 1. The van der Waals surface area contributed by atoms with Crippen LogP contribution in [0.1, 0.15) is 42.6 Å². The van der Waals surface area contributed by atoms with Gasteiger partial charge in [0.1, 0.15) is 6.54 Å². The van der Waals surface area contributed by atoms with Gasteiger partial charge in [-0.2, -0.15) is 5.10 Å². The molecule has 4 heterocycles. The number of carbonyl (C=O) groups excluding carboxylic acids is 1. The number of piperidine rings is 1. The van der Waals surface area contributed by atoms with Crippen molar-refractivity contribution < 1.29 is 18.2 Å². The fraction of sp³-hybridized carbons (Fsp3) is 0.409. The van der Waals surface area contributed by atoms with Crippen LogP contribution >= 0.6 is 0 Å². The van der Waals surface area contributed by atoms with Crippen molar-refractivity contribution in [2.24, 2.45) is 0 Å². The summed E-state index contributed by atoms with van der Waals surface area (Å²) in [4.78, 5) is 19.4. The zero-order chi connectivity index (χ0) is 23.1. The molecule has 1 saturated heterocycles. The lowest BCUT2D eigenvalue weighted by Gasteiger charge is -2.28. The normalized spacial score (nSPS) is 14.5. The molecule has 172 valence electrons. The number of hydrogen-bond donors (Lipinski definition) is 1. The van der Waals surface area contributed by atoms with Gasteiger partial charge in [0.25, 0.3) is 6.43 Å². The third-order valence-corrected chi connectivity index (χ3v) is 5.93. The highest BCUT2D eigenvalue weighted by Gasteiger charge is 2.22. The summed E-state index contributed by atoms with van der Waals surface area (Å²) in [7, 11) is 0. The molecule has 4 aromatic rings. The standard InChI is InChI=1S/C22H23F2N7O2/c1-12-10-14(21(23)24)18-13(2)27-31(22(18)25-12)11-17(32)26-15-6-7-16(20-19(15)28-33-29-20)30-8-4-3-5-9-30/h6-7,10,21H,3-5,8-9,11H2,1-2H3,(H,26,32). The number of nitrogens with one attached hydrogen (secondary N) is 1. The molecule has 1 aromatic carbocycles. The molecule has 0 unspecified atom stereocenters. The van der Waals surface area contributed by atoms with Crippen LogP contribution in [0.3, 0.4) is 0 Å². The van der Waals surface area contributed by atoms with Crippen LogP contribution in [-0.4, -0.2) is 44.1 Å². The predicted octanol–water partition coefficient (Wildman–Crippen LogP) is 4.15. The van der Waals surface area contributed by atoms with E-state index in [2.05, 4.69) is 30.6 Å². The molecule has 1 aliphatic heterocycles. The van der Waals surface area contributed by atoms with E-state index in [4.69, 9.17) is 4.63 Å². The number of anilines is 2. The van der Waals surface area contributed by atoms with Crippen LogP contribution in [0.15, 0.2) is 22.8 Å². The van der Waals surface area contributed by atoms with E-state index in [1.54, 1.807) is 19.9 Å². The number of fused-ring (bicyclic) bond motifs is 2. The summed E-state index contributed by atoms with van der Waals surface area (Å²) in [5.74, 6) is -0.392. The first kappa shape index (κ1) is 21.2. The molecule has 1 aliphatic rings. The van der Waals surface area contributed by atoms with E-state index < -0.39 is 12.3 Å². The smallest absolute Gasteiger partial charge is 0.264 e. The molecule has 1 N–H and O–H groups in total. The molecule has 33 heavy (non-hydrogen) atoms. The Balaban J connectivity index is 1.42. The van der Waals surface area contributed by atoms with Crippen molar-refractivity contribution in [1.82, 2.24) is 25.1 Å². The second-order valence-electron chi connectivity index (χ2n) is 8.28. The lowest BCUT2D eigenvalue weighted by Crippen LogP contribution is -2.29. The van der Waals surface area contributed by atoms with Crippen molar-refractivity contribution in [3.05, 3.63) is 35.2 Å². The molecule has 9 nitrogen and oxygen atoms in total. The maximum Gasteiger partial charge on any atom is 0.264 e. The summed E-state index contributed by atoms with van der Waals surface area (Å²) >= 11 is 0. The molecule has 5 rings (SSSR count). The van der Waals surface area contributed by atoms with E-state index in [9.17, 15) is 13.6 Å². The highest BCUT2D eigenvalue weighted by atomic mass is 19.3. The number of nitrogens with zero attached hydrogens (tertiary/aromatic N) is 6. The Hall–Kier alpha value is -3.63. The fourth-order valence-electron chi connectivity index (χ4n) is 4.47. The first-order valence-corrected chi connectivity index (χ1v) is 10.8. The van der Waals surface area contributed by atoms with Gasteiger partial charge in [0.05, 0.1) is 22.5 Å². The van der Waals surface area contributed by atoms with Crippen LogP contribution in [-0.2, 0) is 11.3 Å². The Morgan fingerprint density at radius 2 is 1.91 bits per heavy atom. The molecule has 1 amide bonds. The first-order valence-electron chi connectivity index (χ1n) is 10.8. The summed E-state index contributed by atoms with van der Waals surface area (Å²) < 4.78 is 33.4. The lowest BCUT2D eigenvalue weighted by molar-refractivity contribution is -0.116. The van der Waals surface area contributed by atoms with Crippen molar-refractivity contribution in [3.63, 3.8) is 0 Å². The Morgan fingerprint density at radius 1 is 1.15 bits per heavy atom. The molecule has 3 aromatic heterocycles. The van der Waals surface area contributed by atoms with Gasteiger partial charge in [-0.15, -0.1) is 0 Å². The molecule has 0 aliphatic carbocycles. The van der Waals surface area contributed by atoms with Crippen LogP contribution < -0.4 is 10.2 Å². The summed E-state index contributed by atoms with van der Waals surface area (Å²) in [6.45, 7) is 4.95. The third kappa shape index (κ3) is 3.87. The Kier molecular flexibility index (Phi) is 5.39. The van der Waals surface area contributed by atoms with Crippen LogP contribution in [0, 0.1) is 13.8 Å². The first-order chi connectivity index (χ1) is 15.9. The zero-order valence-corrected chi connectivity index (χ0v) is 18.3. The lowest BCUT2D eigenvalue weighted by atomic mass is 10.1. The number of pyridine rings is 1. The van der Waals surface area contributed by atoms with Crippen LogP contribution in [0.4, 0.5) is 20.2 Å². The summed E-state index contributed by atoms with van der Waals surface area (Å²) in [6, 6.07) is 5.03. The molecular formula is C22H23F2N7O2. The third-order valence-electron chi connectivity index (χ3n) is 5.93. The maximum atomic E-state index is 13.5. The molecule has 0 atom stereocenters. The molecule has 0 spiro atoms. The topological polar surface area (TPSA) is 102 Å². The number of rotatable bonds is 5. The van der Waals surface area contributed by atoms with Gasteiger partial charge in [-0.05, 0) is 61.6 Å². The number of benzene rings is 1. The van der Waals surface area contributed by atoms with Gasteiger partial charge in [-0.1, -0.05) is 0 Å². The van der Waals surface area contributed by atoms with Gasteiger partial charge in [0.2, 0.25) is 5.91 Å². The Labute approximate surface area is 187 Å². The minimum absolute atomic E-state index is 0.134. The Bertz CT molecular complexity index is 1340. The predicted molar refractivity (Wildman–Crippen MR) is 118 cm³/mol. The van der Waals surface area contributed by atoms with E-state index in [1.807, 2.05) is 6.07 Å². The van der Waals surface area contributed by atoms with E-state index in [0.29, 0.717) is 28.1 Å². The van der Waals surface area contributed by atoms with Gasteiger partial charge in [-0.3, -0.25) is 4.79 Å².